The summed E-state index contributed by atoms with van der Waals surface area (Å²) < 4.78 is 0.986. The molecule has 0 fully saturated rings. The fourth-order valence-electron chi connectivity index (χ4n) is 0.836. The summed E-state index contributed by atoms with van der Waals surface area (Å²) in [6.07, 6.45) is 1.88. The van der Waals surface area contributed by atoms with Crippen LogP contribution in [0.5, 0.6) is 0 Å². The molecule has 2 unspecified atom stereocenters. The third kappa shape index (κ3) is 1.78. The summed E-state index contributed by atoms with van der Waals surface area (Å²) in [5, 5.41) is 18.0. The van der Waals surface area contributed by atoms with E-state index in [0.717, 1.165) is 10.9 Å². The average Bonchev–Trinajstić information content (AvgIpc) is 1.80. The van der Waals surface area contributed by atoms with Crippen molar-refractivity contribution in [3.8, 4) is 0 Å². The topological polar surface area (TPSA) is 40.5 Å². The van der Waals surface area contributed by atoms with Gasteiger partial charge in [-0.05, 0) is 23.4 Å². The predicted octanol–water partition coefficient (Wildman–Crippen LogP) is 0.781. The van der Waals surface area contributed by atoms with Crippen LogP contribution in [0.1, 0.15) is 12.8 Å². The van der Waals surface area contributed by atoms with Gasteiger partial charge in [-0.2, -0.15) is 0 Å². The van der Waals surface area contributed by atoms with Crippen LogP contribution >= 0.6 is 15.9 Å². The molecule has 0 aromatic rings. The van der Waals surface area contributed by atoms with Gasteiger partial charge < -0.3 is 10.2 Å². The Labute approximate surface area is 62.3 Å². The molecule has 0 radical (unpaired) electrons. The van der Waals surface area contributed by atoms with Gasteiger partial charge in [-0.3, -0.25) is 0 Å². The zero-order chi connectivity index (χ0) is 6.85. The first-order valence-electron chi connectivity index (χ1n) is 2.92. The maximum Gasteiger partial charge on any atom is 0.0990 e. The zero-order valence-corrected chi connectivity index (χ0v) is 6.50. The van der Waals surface area contributed by atoms with E-state index in [2.05, 4.69) is 15.9 Å². The zero-order valence-electron chi connectivity index (χ0n) is 4.92. The van der Waals surface area contributed by atoms with Crippen molar-refractivity contribution in [3.63, 3.8) is 0 Å². The third-order valence-electron chi connectivity index (χ3n) is 1.42. The fourth-order valence-corrected chi connectivity index (χ4v) is 1.34. The Morgan fingerprint density at radius 1 is 1.56 bits per heavy atom. The monoisotopic (exact) mass is 192 g/mol. The molecule has 0 heterocycles. The van der Waals surface area contributed by atoms with E-state index in [1.165, 1.54) is 0 Å². The number of halogens is 1. The van der Waals surface area contributed by atoms with E-state index in [0.29, 0.717) is 6.42 Å². The summed E-state index contributed by atoms with van der Waals surface area (Å²) in [6.45, 7) is 0. The van der Waals surface area contributed by atoms with Crippen molar-refractivity contribution in [1.29, 1.82) is 0 Å². The highest BCUT2D eigenvalue weighted by Gasteiger charge is 2.18. The van der Waals surface area contributed by atoms with Crippen molar-refractivity contribution in [2.45, 2.75) is 25.0 Å². The lowest BCUT2D eigenvalue weighted by Gasteiger charge is -2.19. The van der Waals surface area contributed by atoms with Gasteiger partial charge in [0.1, 0.15) is 0 Å². The molecular formula is C6H9BrO2. The van der Waals surface area contributed by atoms with Gasteiger partial charge in [0.25, 0.3) is 0 Å². The number of aliphatic hydroxyl groups excluding tert-OH is 2. The molecule has 0 amide bonds. The molecule has 1 aliphatic carbocycles. The third-order valence-corrected chi connectivity index (χ3v) is 2.09. The Balaban J connectivity index is 2.58. The molecular weight excluding hydrogens is 184 g/mol. The molecule has 2 N–H and O–H groups in total. The number of hydrogen-bond acceptors (Lipinski definition) is 2. The minimum Gasteiger partial charge on any atom is -0.390 e. The number of aliphatic hydroxyl groups is 2. The number of hydrogen-bond donors (Lipinski definition) is 2. The first-order chi connectivity index (χ1) is 4.20. The molecule has 2 nitrogen and oxygen atoms in total. The van der Waals surface area contributed by atoms with Crippen LogP contribution in [-0.4, -0.2) is 22.4 Å². The summed E-state index contributed by atoms with van der Waals surface area (Å²) in [6, 6.07) is 0. The number of allylic oxidation sites excluding steroid dienone is 1. The lowest BCUT2D eigenvalue weighted by atomic mass is 10.0. The first kappa shape index (κ1) is 7.25. The molecule has 0 aliphatic heterocycles. The largest absolute Gasteiger partial charge is 0.390 e. The van der Waals surface area contributed by atoms with Gasteiger partial charge in [0, 0.05) is 0 Å². The average molecular weight is 193 g/mol. The Morgan fingerprint density at radius 2 is 2.22 bits per heavy atom. The van der Waals surface area contributed by atoms with Gasteiger partial charge in [0.05, 0.1) is 12.2 Å². The maximum absolute atomic E-state index is 8.99. The minimum absolute atomic E-state index is 0.564. The normalized spacial score (nSPS) is 36.1. The summed E-state index contributed by atoms with van der Waals surface area (Å²) in [7, 11) is 0. The summed E-state index contributed by atoms with van der Waals surface area (Å²) in [4.78, 5) is 0. The molecule has 0 saturated carbocycles. The van der Waals surface area contributed by atoms with E-state index < -0.39 is 12.2 Å². The molecule has 2 atom stereocenters. The Bertz CT molecular complexity index is 133. The van der Waals surface area contributed by atoms with Crippen LogP contribution < -0.4 is 0 Å². The molecule has 0 aromatic carbocycles. The van der Waals surface area contributed by atoms with Crippen molar-refractivity contribution in [3.05, 3.63) is 10.6 Å². The smallest absolute Gasteiger partial charge is 0.0990 e. The van der Waals surface area contributed by atoms with Gasteiger partial charge in [-0.15, -0.1) is 0 Å². The highest BCUT2D eigenvalue weighted by molar-refractivity contribution is 9.11. The van der Waals surface area contributed by atoms with Crippen LogP contribution in [-0.2, 0) is 0 Å². The Hall–Kier alpha value is 0.140. The van der Waals surface area contributed by atoms with E-state index in [9.17, 15) is 0 Å². The molecule has 0 spiro atoms. The van der Waals surface area contributed by atoms with Crippen LogP contribution in [0.2, 0.25) is 0 Å². The van der Waals surface area contributed by atoms with E-state index in [-0.39, 0.29) is 0 Å². The molecule has 0 aromatic heterocycles. The van der Waals surface area contributed by atoms with Crippen LogP contribution in [0.15, 0.2) is 10.6 Å². The fraction of sp³-hybridized carbons (Fsp3) is 0.667. The van der Waals surface area contributed by atoms with Crippen LogP contribution in [0.4, 0.5) is 0 Å². The van der Waals surface area contributed by atoms with Gasteiger partial charge in [0.2, 0.25) is 0 Å². The Kier molecular flexibility index (Phi) is 2.27. The minimum atomic E-state index is -0.673. The van der Waals surface area contributed by atoms with E-state index in [1.54, 1.807) is 6.08 Å². The van der Waals surface area contributed by atoms with Crippen molar-refractivity contribution in [2.75, 3.05) is 0 Å². The molecule has 0 saturated heterocycles. The molecule has 1 rings (SSSR count). The summed E-state index contributed by atoms with van der Waals surface area (Å²) in [5.74, 6) is 0. The second-order valence-electron chi connectivity index (χ2n) is 2.21. The summed E-state index contributed by atoms with van der Waals surface area (Å²) >= 11 is 3.25. The first-order valence-corrected chi connectivity index (χ1v) is 3.72. The maximum atomic E-state index is 8.99. The van der Waals surface area contributed by atoms with Crippen molar-refractivity contribution >= 4 is 15.9 Å². The van der Waals surface area contributed by atoms with Crippen molar-refractivity contribution < 1.29 is 10.2 Å². The van der Waals surface area contributed by atoms with Gasteiger partial charge >= 0.3 is 0 Å². The van der Waals surface area contributed by atoms with E-state index in [4.69, 9.17) is 10.2 Å². The van der Waals surface area contributed by atoms with Gasteiger partial charge in [0.15, 0.2) is 0 Å². The standard InChI is InChI=1S/C6H9BrO2/c7-4-1-2-5(8)6(9)3-4/h3,5-6,8-9H,1-2H2. The summed E-state index contributed by atoms with van der Waals surface area (Å²) in [5.41, 5.74) is 0. The highest BCUT2D eigenvalue weighted by atomic mass is 79.9. The highest BCUT2D eigenvalue weighted by Crippen LogP contribution is 2.22. The van der Waals surface area contributed by atoms with Crippen LogP contribution in [0.3, 0.4) is 0 Å². The number of rotatable bonds is 0. The lowest BCUT2D eigenvalue weighted by Crippen LogP contribution is -2.26. The second kappa shape index (κ2) is 2.82. The quantitative estimate of drug-likeness (QED) is 0.596. The predicted molar refractivity (Wildman–Crippen MR) is 38.3 cm³/mol. The van der Waals surface area contributed by atoms with Crippen LogP contribution in [0, 0.1) is 0 Å². The van der Waals surface area contributed by atoms with Crippen molar-refractivity contribution in [2.24, 2.45) is 0 Å². The van der Waals surface area contributed by atoms with E-state index >= 15 is 0 Å². The van der Waals surface area contributed by atoms with Gasteiger partial charge in [-0.1, -0.05) is 15.9 Å². The lowest BCUT2D eigenvalue weighted by molar-refractivity contribution is 0.0385. The van der Waals surface area contributed by atoms with Crippen molar-refractivity contribution in [1.82, 2.24) is 0 Å². The SMILES string of the molecule is OC1C=C(Br)CCC1O. The van der Waals surface area contributed by atoms with Gasteiger partial charge in [-0.25, -0.2) is 0 Å². The molecule has 3 heteroatoms. The molecule has 0 bridgehead atoms. The molecule has 1 aliphatic rings. The molecule has 9 heavy (non-hydrogen) atoms. The molecule has 52 valence electrons. The Morgan fingerprint density at radius 3 is 2.67 bits per heavy atom. The second-order valence-corrected chi connectivity index (χ2v) is 3.23. The van der Waals surface area contributed by atoms with Crippen LogP contribution in [0.25, 0.3) is 0 Å². The van der Waals surface area contributed by atoms with E-state index in [1.807, 2.05) is 0 Å².